The normalized spacial score (nSPS) is 12.6. The Labute approximate surface area is 197 Å². The molecule has 0 saturated carbocycles. The van der Waals surface area contributed by atoms with E-state index in [1.54, 1.807) is 6.92 Å². The average Bonchev–Trinajstić information content (AvgIpc) is 3.20. The van der Waals surface area contributed by atoms with Crippen LogP contribution in [0.3, 0.4) is 0 Å². The second kappa shape index (κ2) is 10.9. The Morgan fingerprint density at radius 3 is 2.15 bits per heavy atom. The minimum Gasteiger partial charge on any atom is -0.493 e. The fraction of sp³-hybridized carbons (Fsp3) is 0.360. The predicted octanol–water partition coefficient (Wildman–Crippen LogP) is 3.82. The first-order chi connectivity index (χ1) is 16.4. The van der Waals surface area contributed by atoms with Crippen LogP contribution in [0.25, 0.3) is 0 Å². The molecule has 9 heteroatoms. The first kappa shape index (κ1) is 24.9. The summed E-state index contributed by atoms with van der Waals surface area (Å²) in [5.41, 5.74) is 0.419. The maximum atomic E-state index is 13.0. The smallest absolute Gasteiger partial charge is 0.493 e. The minimum absolute atomic E-state index is 0.0180. The molecule has 3 aromatic rings. The summed E-state index contributed by atoms with van der Waals surface area (Å²) in [4.78, 5) is 24.5. The summed E-state index contributed by atoms with van der Waals surface area (Å²) in [7, 11) is 4.44. The van der Waals surface area contributed by atoms with Gasteiger partial charge in [-0.15, -0.1) is 0 Å². The van der Waals surface area contributed by atoms with Gasteiger partial charge >= 0.3 is 11.8 Å². The third-order valence-corrected chi connectivity index (χ3v) is 5.70. The van der Waals surface area contributed by atoms with E-state index < -0.39 is 17.3 Å². The van der Waals surface area contributed by atoms with Crippen LogP contribution < -0.4 is 25.3 Å². The van der Waals surface area contributed by atoms with Gasteiger partial charge in [0, 0.05) is 0 Å². The third-order valence-electron chi connectivity index (χ3n) is 5.70. The topological polar surface area (TPSA) is 109 Å². The molecule has 0 amide bonds. The lowest BCUT2D eigenvalue weighted by atomic mass is 9.87. The molecule has 0 aliphatic carbocycles. The van der Waals surface area contributed by atoms with Crippen LogP contribution in [-0.2, 0) is 16.8 Å². The third kappa shape index (κ3) is 5.26. The fourth-order valence-corrected chi connectivity index (χ4v) is 3.68. The summed E-state index contributed by atoms with van der Waals surface area (Å²) < 4.78 is 31.8. The Morgan fingerprint density at radius 1 is 1.00 bits per heavy atom. The van der Waals surface area contributed by atoms with Crippen molar-refractivity contribution in [3.63, 3.8) is 0 Å². The maximum Gasteiger partial charge on any atom is 0.519 e. The minimum atomic E-state index is -0.759. The lowest BCUT2D eigenvalue weighted by Crippen LogP contribution is -2.46. The molecule has 0 unspecified atom stereocenters. The Bertz CT molecular complexity index is 1140. The molecule has 0 radical (unpaired) electrons. The van der Waals surface area contributed by atoms with Crippen LogP contribution in [0.2, 0.25) is 0 Å². The zero-order valence-electron chi connectivity index (χ0n) is 19.9. The van der Waals surface area contributed by atoms with E-state index in [-0.39, 0.29) is 18.7 Å². The molecule has 1 aromatic heterocycles. The zero-order valence-corrected chi connectivity index (χ0v) is 19.9. The molecular formula is C25H29NO8. The van der Waals surface area contributed by atoms with E-state index in [4.69, 9.17) is 27.8 Å². The largest absolute Gasteiger partial charge is 0.519 e. The summed E-state index contributed by atoms with van der Waals surface area (Å²) in [5.74, 6) is 0.544. The van der Waals surface area contributed by atoms with Gasteiger partial charge in [-0.3, -0.25) is 5.32 Å². The second-order valence-electron chi connectivity index (χ2n) is 7.58. The van der Waals surface area contributed by atoms with Gasteiger partial charge in [-0.25, -0.2) is 9.59 Å². The summed E-state index contributed by atoms with van der Waals surface area (Å²) in [5, 5.41) is 3.40. The number of carbonyl (C=O) groups is 1. The molecule has 34 heavy (non-hydrogen) atoms. The number of rotatable bonds is 11. The number of hydrogen-bond acceptors (Lipinski definition) is 9. The van der Waals surface area contributed by atoms with Crippen molar-refractivity contribution in [2.45, 2.75) is 32.4 Å². The van der Waals surface area contributed by atoms with Crippen LogP contribution in [0.5, 0.6) is 17.2 Å². The van der Waals surface area contributed by atoms with Crippen LogP contribution in [-0.4, -0.2) is 33.9 Å². The van der Waals surface area contributed by atoms with Crippen LogP contribution in [0.4, 0.5) is 0 Å². The van der Waals surface area contributed by atoms with E-state index >= 15 is 0 Å². The summed E-state index contributed by atoms with van der Waals surface area (Å²) in [6.45, 7) is 3.86. The lowest BCUT2D eigenvalue weighted by molar-refractivity contribution is 0.0344. The average molecular weight is 472 g/mol. The van der Waals surface area contributed by atoms with E-state index in [0.29, 0.717) is 35.2 Å². The highest BCUT2D eigenvalue weighted by Crippen LogP contribution is 2.38. The molecule has 0 aliphatic heterocycles. The van der Waals surface area contributed by atoms with Crippen molar-refractivity contribution in [1.29, 1.82) is 0 Å². The van der Waals surface area contributed by atoms with Crippen LogP contribution in [0.1, 0.15) is 40.8 Å². The first-order valence-electron chi connectivity index (χ1n) is 10.7. The number of ether oxygens (including phenoxy) is 4. The van der Waals surface area contributed by atoms with Crippen molar-refractivity contribution < 1.29 is 32.6 Å². The number of methoxy groups -OCH3 is 3. The number of nitrogens with one attached hydrogen (secondary N) is 1. The quantitative estimate of drug-likeness (QED) is 0.417. The molecule has 0 saturated heterocycles. The highest BCUT2D eigenvalue weighted by molar-refractivity contribution is 5.91. The fourth-order valence-electron chi connectivity index (χ4n) is 3.68. The molecule has 1 atom stereocenters. The molecule has 0 bridgehead atoms. The van der Waals surface area contributed by atoms with Crippen molar-refractivity contribution in [3.05, 3.63) is 75.7 Å². The van der Waals surface area contributed by atoms with Crippen LogP contribution >= 0.6 is 0 Å². The van der Waals surface area contributed by atoms with Gasteiger partial charge in [0.15, 0.2) is 17.3 Å². The summed E-state index contributed by atoms with van der Waals surface area (Å²) in [6, 6.07) is 12.7. The zero-order chi connectivity index (χ0) is 24.7. The molecule has 1 heterocycles. The van der Waals surface area contributed by atoms with Crippen LogP contribution in [0, 0.1) is 6.92 Å². The number of hydrogen-bond donors (Lipinski definition) is 1. The van der Waals surface area contributed by atoms with E-state index in [0.717, 1.165) is 5.56 Å². The number of esters is 1. The van der Waals surface area contributed by atoms with E-state index in [1.807, 2.05) is 37.3 Å². The Morgan fingerprint density at radius 2 is 1.65 bits per heavy atom. The van der Waals surface area contributed by atoms with Crippen molar-refractivity contribution in [2.75, 3.05) is 27.9 Å². The molecule has 0 fully saturated rings. The molecular weight excluding hydrogens is 442 g/mol. The van der Waals surface area contributed by atoms with Gasteiger partial charge in [-0.2, -0.15) is 0 Å². The molecule has 182 valence electrons. The highest BCUT2D eigenvalue weighted by Gasteiger charge is 2.33. The van der Waals surface area contributed by atoms with Crippen molar-refractivity contribution >= 4 is 5.97 Å². The molecule has 9 nitrogen and oxygen atoms in total. The number of carbonyl (C=O) groups excluding carboxylic acids is 1. The monoisotopic (exact) mass is 471 g/mol. The Hall–Kier alpha value is -3.72. The molecule has 1 N–H and O–H groups in total. The van der Waals surface area contributed by atoms with Crippen molar-refractivity contribution in [1.82, 2.24) is 5.32 Å². The molecule has 0 spiro atoms. The molecule has 0 aliphatic rings. The van der Waals surface area contributed by atoms with E-state index in [1.165, 1.54) is 33.5 Å². The second-order valence-corrected chi connectivity index (χ2v) is 7.58. The van der Waals surface area contributed by atoms with Crippen LogP contribution in [0.15, 0.2) is 56.1 Å². The van der Waals surface area contributed by atoms with Gasteiger partial charge < -0.3 is 27.8 Å². The SMILES string of the molecule is CC[C@](COC(=O)c1cc(OC)c(OC)c(OC)c1)(NCc1oc(=O)oc1C)c1ccccc1. The lowest BCUT2D eigenvalue weighted by Gasteiger charge is -2.34. The predicted molar refractivity (Wildman–Crippen MR) is 124 cm³/mol. The Kier molecular flexibility index (Phi) is 8.01. The van der Waals surface area contributed by atoms with Gasteiger partial charge in [0.25, 0.3) is 0 Å². The number of benzene rings is 2. The van der Waals surface area contributed by atoms with Gasteiger partial charge in [-0.05, 0) is 31.0 Å². The molecule has 2 aromatic carbocycles. The van der Waals surface area contributed by atoms with E-state index in [2.05, 4.69) is 5.32 Å². The van der Waals surface area contributed by atoms with Gasteiger partial charge in [-0.1, -0.05) is 37.3 Å². The maximum absolute atomic E-state index is 13.0. The van der Waals surface area contributed by atoms with Gasteiger partial charge in [0.1, 0.15) is 12.4 Å². The first-order valence-corrected chi connectivity index (χ1v) is 10.7. The highest BCUT2D eigenvalue weighted by atomic mass is 16.6. The van der Waals surface area contributed by atoms with Crippen molar-refractivity contribution in [2.24, 2.45) is 0 Å². The molecule has 3 rings (SSSR count). The van der Waals surface area contributed by atoms with Gasteiger partial charge in [0.05, 0.1) is 39.0 Å². The van der Waals surface area contributed by atoms with Crippen molar-refractivity contribution in [3.8, 4) is 17.2 Å². The Balaban J connectivity index is 1.87. The standard InChI is InChI=1S/C25H29NO8/c1-6-25(18-10-8-7-9-11-18,26-14-21-16(2)33-24(28)34-21)15-32-23(27)17-12-19(29-3)22(31-5)20(13-17)30-4/h7-13,26H,6,14-15H2,1-5H3/t25-/m1/s1. The van der Waals surface area contributed by atoms with Gasteiger partial charge in [0.2, 0.25) is 5.75 Å². The summed E-state index contributed by atoms with van der Waals surface area (Å²) >= 11 is 0. The number of aryl methyl sites for hydroxylation is 1. The van der Waals surface area contributed by atoms with E-state index in [9.17, 15) is 9.59 Å². The summed E-state index contributed by atoms with van der Waals surface area (Å²) in [6.07, 6.45) is 0.584.